The molecule has 1 unspecified atom stereocenters. The lowest BCUT2D eigenvalue weighted by molar-refractivity contribution is 0.0280. The minimum absolute atomic E-state index is 0.340. The van der Waals surface area contributed by atoms with Crippen LogP contribution < -0.4 is 0 Å². The molecule has 0 heterocycles. The molecule has 3 rings (SSSR count). The lowest BCUT2D eigenvalue weighted by Crippen LogP contribution is -2.20. The number of carbonyl (C=O) groups excluding carboxylic acids is 2. The van der Waals surface area contributed by atoms with E-state index in [2.05, 4.69) is 0 Å². The molecule has 0 N–H and O–H groups in total. The highest BCUT2D eigenvalue weighted by atomic mass is 35.5. The van der Waals surface area contributed by atoms with Crippen molar-refractivity contribution in [2.75, 3.05) is 0 Å². The minimum atomic E-state index is -1.08. The molecule has 0 amide bonds. The molecular formula is C21H14Cl2O3. The van der Waals surface area contributed by atoms with Crippen molar-refractivity contribution < 1.29 is 14.3 Å². The molecule has 3 aromatic carbocycles. The molecule has 3 aromatic rings. The number of carbonyl (C=O) groups is 2. The number of Topliss-reactive ketones (excluding diaryl/α,β-unsaturated/α-hetero) is 1. The number of esters is 1. The van der Waals surface area contributed by atoms with E-state index < -0.39 is 12.1 Å². The molecule has 5 heteroatoms. The molecule has 1 atom stereocenters. The van der Waals surface area contributed by atoms with E-state index in [0.717, 1.165) is 0 Å². The molecule has 0 aliphatic rings. The van der Waals surface area contributed by atoms with Gasteiger partial charge < -0.3 is 4.74 Å². The van der Waals surface area contributed by atoms with E-state index in [1.54, 1.807) is 78.9 Å². The van der Waals surface area contributed by atoms with Crippen LogP contribution in [0.15, 0.2) is 78.9 Å². The van der Waals surface area contributed by atoms with Gasteiger partial charge in [0.1, 0.15) is 0 Å². The third-order valence-corrected chi connectivity index (χ3v) is 4.28. The molecule has 0 fully saturated rings. The van der Waals surface area contributed by atoms with Gasteiger partial charge in [-0.2, -0.15) is 0 Å². The summed E-state index contributed by atoms with van der Waals surface area (Å²) in [6.07, 6.45) is -1.08. The van der Waals surface area contributed by atoms with Crippen molar-refractivity contribution in [1.29, 1.82) is 0 Å². The highest BCUT2D eigenvalue weighted by molar-refractivity contribution is 6.31. The van der Waals surface area contributed by atoms with Crippen LogP contribution in [0.25, 0.3) is 0 Å². The molecule has 0 bridgehead atoms. The summed E-state index contributed by atoms with van der Waals surface area (Å²) in [5, 5.41) is 1.05. The molecular weight excluding hydrogens is 371 g/mol. The van der Waals surface area contributed by atoms with E-state index in [0.29, 0.717) is 26.7 Å². The first-order valence-electron chi connectivity index (χ1n) is 7.86. The second kappa shape index (κ2) is 8.17. The predicted octanol–water partition coefficient (Wildman–Crippen LogP) is 5.77. The fourth-order valence-electron chi connectivity index (χ4n) is 2.43. The second-order valence-electron chi connectivity index (χ2n) is 5.57. The van der Waals surface area contributed by atoms with E-state index in [4.69, 9.17) is 27.9 Å². The average Bonchev–Trinajstić information content (AvgIpc) is 2.67. The lowest BCUT2D eigenvalue weighted by Gasteiger charge is -2.18. The van der Waals surface area contributed by atoms with E-state index in [-0.39, 0.29) is 5.78 Å². The SMILES string of the molecule is O=C(OC(C(=O)c1ccc(Cl)cc1)c1ccc(Cl)cc1)c1ccccc1. The molecule has 3 nitrogen and oxygen atoms in total. The molecule has 130 valence electrons. The molecule has 0 aromatic heterocycles. The predicted molar refractivity (Wildman–Crippen MR) is 102 cm³/mol. The summed E-state index contributed by atoms with van der Waals surface area (Å²) in [6, 6.07) is 21.6. The standard InChI is InChI=1S/C21H14Cl2O3/c22-17-10-6-14(7-11-17)19(24)20(15-8-12-18(23)13-9-15)26-21(25)16-4-2-1-3-5-16/h1-13,20H. The van der Waals surface area contributed by atoms with Gasteiger partial charge in [0.2, 0.25) is 5.78 Å². The summed E-state index contributed by atoms with van der Waals surface area (Å²) in [6.45, 7) is 0. The second-order valence-corrected chi connectivity index (χ2v) is 6.45. The van der Waals surface area contributed by atoms with E-state index in [1.807, 2.05) is 0 Å². The topological polar surface area (TPSA) is 43.4 Å². The van der Waals surface area contributed by atoms with Crippen LogP contribution in [-0.4, -0.2) is 11.8 Å². The minimum Gasteiger partial charge on any atom is -0.445 e. The first-order chi connectivity index (χ1) is 12.5. The van der Waals surface area contributed by atoms with Crippen LogP contribution >= 0.6 is 23.2 Å². The zero-order valence-electron chi connectivity index (χ0n) is 13.6. The molecule has 0 saturated heterocycles. The Morgan fingerprint density at radius 3 is 1.81 bits per heavy atom. The number of rotatable bonds is 5. The van der Waals surface area contributed by atoms with E-state index in [1.165, 1.54) is 0 Å². The Hall–Kier alpha value is -2.62. The van der Waals surface area contributed by atoms with Gasteiger partial charge in [-0.05, 0) is 48.5 Å². The fourth-order valence-corrected chi connectivity index (χ4v) is 2.68. The van der Waals surface area contributed by atoms with Crippen LogP contribution in [0.3, 0.4) is 0 Å². The summed E-state index contributed by atoms with van der Waals surface area (Å²) in [5.41, 5.74) is 1.31. The van der Waals surface area contributed by atoms with Crippen molar-refractivity contribution in [3.8, 4) is 0 Å². The monoisotopic (exact) mass is 384 g/mol. The number of hydrogen-bond acceptors (Lipinski definition) is 3. The molecule has 0 aliphatic carbocycles. The maximum Gasteiger partial charge on any atom is 0.339 e. The third-order valence-electron chi connectivity index (χ3n) is 3.77. The smallest absolute Gasteiger partial charge is 0.339 e. The van der Waals surface area contributed by atoms with Crippen molar-refractivity contribution in [2.45, 2.75) is 6.10 Å². The van der Waals surface area contributed by atoms with Crippen LogP contribution in [0.4, 0.5) is 0 Å². The molecule has 0 radical (unpaired) electrons. The van der Waals surface area contributed by atoms with Crippen LogP contribution in [-0.2, 0) is 4.74 Å². The molecule has 0 aliphatic heterocycles. The zero-order chi connectivity index (χ0) is 18.5. The number of ether oxygens (including phenoxy) is 1. The number of hydrogen-bond donors (Lipinski definition) is 0. The van der Waals surface area contributed by atoms with Crippen LogP contribution in [0.2, 0.25) is 10.0 Å². The Morgan fingerprint density at radius 1 is 0.692 bits per heavy atom. The third kappa shape index (κ3) is 4.31. The highest BCUT2D eigenvalue weighted by Gasteiger charge is 2.26. The van der Waals surface area contributed by atoms with Gasteiger partial charge in [-0.25, -0.2) is 4.79 Å². The molecule has 0 spiro atoms. The Balaban J connectivity index is 1.93. The summed E-state index contributed by atoms with van der Waals surface area (Å²) >= 11 is 11.8. The normalized spacial score (nSPS) is 11.6. The lowest BCUT2D eigenvalue weighted by atomic mass is 9.99. The van der Waals surface area contributed by atoms with Crippen LogP contribution in [0, 0.1) is 0 Å². The largest absolute Gasteiger partial charge is 0.445 e. The maximum absolute atomic E-state index is 13.0. The van der Waals surface area contributed by atoms with Crippen molar-refractivity contribution >= 4 is 35.0 Å². The highest BCUT2D eigenvalue weighted by Crippen LogP contribution is 2.26. The average molecular weight is 385 g/mol. The van der Waals surface area contributed by atoms with Gasteiger partial charge in [0.25, 0.3) is 0 Å². The number of benzene rings is 3. The summed E-state index contributed by atoms with van der Waals surface area (Å²) in [5.74, 6) is -0.916. The van der Waals surface area contributed by atoms with E-state index >= 15 is 0 Å². The van der Waals surface area contributed by atoms with Crippen molar-refractivity contribution in [3.05, 3.63) is 106 Å². The van der Waals surface area contributed by atoms with Crippen LogP contribution in [0.1, 0.15) is 32.4 Å². The molecule has 26 heavy (non-hydrogen) atoms. The number of ketones is 1. The summed E-state index contributed by atoms with van der Waals surface area (Å²) in [7, 11) is 0. The first kappa shape index (κ1) is 18.2. The maximum atomic E-state index is 13.0. The Bertz CT molecular complexity index is 904. The van der Waals surface area contributed by atoms with Crippen molar-refractivity contribution in [1.82, 2.24) is 0 Å². The van der Waals surface area contributed by atoms with Crippen molar-refractivity contribution in [3.63, 3.8) is 0 Å². The Labute approximate surface area is 161 Å². The number of halogens is 2. The van der Waals surface area contributed by atoms with Gasteiger partial charge in [-0.15, -0.1) is 0 Å². The van der Waals surface area contributed by atoms with Gasteiger partial charge in [0.05, 0.1) is 5.56 Å². The quantitative estimate of drug-likeness (QED) is 0.413. The Kier molecular flexibility index (Phi) is 5.71. The Morgan fingerprint density at radius 2 is 1.23 bits per heavy atom. The van der Waals surface area contributed by atoms with E-state index in [9.17, 15) is 9.59 Å². The summed E-state index contributed by atoms with van der Waals surface area (Å²) < 4.78 is 5.54. The first-order valence-corrected chi connectivity index (χ1v) is 8.61. The van der Waals surface area contributed by atoms with Gasteiger partial charge in [0.15, 0.2) is 6.10 Å². The van der Waals surface area contributed by atoms with Gasteiger partial charge in [-0.1, -0.05) is 53.5 Å². The van der Waals surface area contributed by atoms with Gasteiger partial charge in [-0.3, -0.25) is 4.79 Å². The van der Waals surface area contributed by atoms with Crippen molar-refractivity contribution in [2.24, 2.45) is 0 Å². The van der Waals surface area contributed by atoms with Crippen LogP contribution in [0.5, 0.6) is 0 Å². The van der Waals surface area contributed by atoms with Gasteiger partial charge >= 0.3 is 5.97 Å². The fraction of sp³-hybridized carbons (Fsp3) is 0.0476. The summed E-state index contributed by atoms with van der Waals surface area (Å²) in [4.78, 5) is 25.4. The van der Waals surface area contributed by atoms with Gasteiger partial charge in [0, 0.05) is 21.2 Å². The molecule has 0 saturated carbocycles. The zero-order valence-corrected chi connectivity index (χ0v) is 15.1.